The van der Waals surface area contributed by atoms with Crippen molar-refractivity contribution in [2.75, 3.05) is 24.4 Å². The molecule has 0 aromatic heterocycles. The lowest BCUT2D eigenvalue weighted by molar-refractivity contribution is 0.386. The molecule has 1 aliphatic carbocycles. The summed E-state index contributed by atoms with van der Waals surface area (Å²) >= 11 is 1.94. The van der Waals surface area contributed by atoms with Gasteiger partial charge in [0, 0.05) is 23.4 Å². The lowest BCUT2D eigenvalue weighted by atomic mass is 9.94. The van der Waals surface area contributed by atoms with Gasteiger partial charge in [0.15, 0.2) is 11.6 Å². The van der Waals surface area contributed by atoms with Gasteiger partial charge in [-0.05, 0) is 31.9 Å². The first-order valence-electron chi connectivity index (χ1n) is 6.56. The van der Waals surface area contributed by atoms with Gasteiger partial charge in [0.05, 0.1) is 18.5 Å². The van der Waals surface area contributed by atoms with E-state index in [1.807, 2.05) is 11.8 Å². The van der Waals surface area contributed by atoms with Crippen LogP contribution in [0.15, 0.2) is 12.1 Å². The van der Waals surface area contributed by atoms with Crippen LogP contribution in [0.5, 0.6) is 5.75 Å². The molecule has 5 heteroatoms. The van der Waals surface area contributed by atoms with Gasteiger partial charge < -0.3 is 15.8 Å². The average molecular weight is 284 g/mol. The molecule has 0 radical (unpaired) electrons. The van der Waals surface area contributed by atoms with Gasteiger partial charge in [0.2, 0.25) is 0 Å². The standard InChI is InChI=1S/C14H21FN2OS/c1-18-14-8-13(12(16)7-11(14)15)17-9-3-5-10(19-2)6-4-9/h7-10,17H,3-6,16H2,1-2H3. The van der Waals surface area contributed by atoms with Crippen LogP contribution in [0.3, 0.4) is 0 Å². The van der Waals surface area contributed by atoms with Gasteiger partial charge in [0.25, 0.3) is 0 Å². The van der Waals surface area contributed by atoms with Gasteiger partial charge in [-0.15, -0.1) is 0 Å². The third-order valence-electron chi connectivity index (χ3n) is 3.69. The van der Waals surface area contributed by atoms with Crippen molar-refractivity contribution in [2.24, 2.45) is 0 Å². The van der Waals surface area contributed by atoms with Crippen LogP contribution >= 0.6 is 11.8 Å². The Kier molecular flexibility index (Phi) is 4.80. The molecule has 0 saturated heterocycles. The van der Waals surface area contributed by atoms with Gasteiger partial charge in [-0.3, -0.25) is 0 Å². The minimum absolute atomic E-state index is 0.231. The number of thioether (sulfide) groups is 1. The first-order chi connectivity index (χ1) is 9.13. The number of nitrogen functional groups attached to an aromatic ring is 1. The largest absolute Gasteiger partial charge is 0.494 e. The predicted octanol–water partition coefficient (Wildman–Crippen LogP) is 3.50. The number of methoxy groups -OCH3 is 1. The minimum atomic E-state index is -0.420. The Morgan fingerprint density at radius 1 is 1.32 bits per heavy atom. The topological polar surface area (TPSA) is 47.3 Å². The van der Waals surface area contributed by atoms with Crippen molar-refractivity contribution < 1.29 is 9.13 Å². The second kappa shape index (κ2) is 6.37. The number of ether oxygens (including phenoxy) is 1. The summed E-state index contributed by atoms with van der Waals surface area (Å²) in [5, 5.41) is 4.19. The molecular weight excluding hydrogens is 263 g/mol. The molecule has 0 amide bonds. The lowest BCUT2D eigenvalue weighted by Crippen LogP contribution is -2.27. The molecule has 0 spiro atoms. The minimum Gasteiger partial charge on any atom is -0.494 e. The summed E-state index contributed by atoms with van der Waals surface area (Å²) in [6, 6.07) is 3.38. The molecule has 0 heterocycles. The third kappa shape index (κ3) is 3.47. The maximum atomic E-state index is 13.5. The smallest absolute Gasteiger partial charge is 0.167 e. The summed E-state index contributed by atoms with van der Waals surface area (Å²) < 4.78 is 18.5. The molecule has 3 N–H and O–H groups in total. The molecule has 1 aliphatic rings. The normalized spacial score (nSPS) is 23.1. The van der Waals surface area contributed by atoms with E-state index in [4.69, 9.17) is 10.5 Å². The molecule has 0 atom stereocenters. The van der Waals surface area contributed by atoms with E-state index in [-0.39, 0.29) is 5.75 Å². The maximum Gasteiger partial charge on any atom is 0.167 e. The van der Waals surface area contributed by atoms with E-state index in [0.29, 0.717) is 11.7 Å². The van der Waals surface area contributed by atoms with Crippen molar-refractivity contribution in [3.8, 4) is 5.75 Å². The molecule has 3 nitrogen and oxygen atoms in total. The molecule has 1 fully saturated rings. The van der Waals surface area contributed by atoms with Crippen LogP contribution in [0, 0.1) is 5.82 Å². The number of nitrogens with two attached hydrogens (primary N) is 1. The fraction of sp³-hybridized carbons (Fsp3) is 0.571. The average Bonchev–Trinajstić information content (AvgIpc) is 2.42. The molecule has 0 unspecified atom stereocenters. The monoisotopic (exact) mass is 284 g/mol. The van der Waals surface area contributed by atoms with E-state index >= 15 is 0 Å². The molecule has 0 aliphatic heterocycles. The SMILES string of the molecule is COc1cc(NC2CCC(SC)CC2)c(N)cc1F. The maximum absolute atomic E-state index is 13.5. The highest BCUT2D eigenvalue weighted by atomic mass is 32.2. The van der Waals surface area contributed by atoms with Crippen molar-refractivity contribution >= 4 is 23.1 Å². The Morgan fingerprint density at radius 3 is 2.58 bits per heavy atom. The highest BCUT2D eigenvalue weighted by Crippen LogP contribution is 2.32. The molecule has 19 heavy (non-hydrogen) atoms. The van der Waals surface area contributed by atoms with Crippen LogP contribution in [-0.2, 0) is 0 Å². The molecule has 2 rings (SSSR count). The van der Waals surface area contributed by atoms with Crippen molar-refractivity contribution in [3.63, 3.8) is 0 Å². The van der Waals surface area contributed by atoms with Crippen LogP contribution in [0.1, 0.15) is 25.7 Å². The van der Waals surface area contributed by atoms with Gasteiger partial charge in [0.1, 0.15) is 0 Å². The quantitative estimate of drug-likeness (QED) is 0.831. The third-order valence-corrected chi connectivity index (χ3v) is 4.83. The number of anilines is 2. The number of halogens is 1. The van der Waals surface area contributed by atoms with Crippen molar-refractivity contribution in [3.05, 3.63) is 17.9 Å². The summed E-state index contributed by atoms with van der Waals surface area (Å²) in [4.78, 5) is 0. The number of hydrogen-bond donors (Lipinski definition) is 2. The van der Waals surface area contributed by atoms with Gasteiger partial charge >= 0.3 is 0 Å². The molecule has 1 saturated carbocycles. The van der Waals surface area contributed by atoms with E-state index in [1.54, 1.807) is 6.07 Å². The Morgan fingerprint density at radius 2 is 2.00 bits per heavy atom. The number of benzene rings is 1. The number of nitrogens with one attached hydrogen (secondary N) is 1. The molecular formula is C14H21FN2OS. The van der Waals surface area contributed by atoms with E-state index in [0.717, 1.165) is 23.8 Å². The Bertz CT molecular complexity index is 434. The first-order valence-corrected chi connectivity index (χ1v) is 7.85. The zero-order valence-electron chi connectivity index (χ0n) is 11.4. The van der Waals surface area contributed by atoms with Crippen LogP contribution in [0.4, 0.5) is 15.8 Å². The van der Waals surface area contributed by atoms with Crippen LogP contribution in [0.2, 0.25) is 0 Å². The summed E-state index contributed by atoms with van der Waals surface area (Å²) in [6.07, 6.45) is 6.87. The van der Waals surface area contributed by atoms with Crippen LogP contribution < -0.4 is 15.8 Å². The first kappa shape index (κ1) is 14.3. The van der Waals surface area contributed by atoms with Crippen molar-refractivity contribution in [1.29, 1.82) is 0 Å². The van der Waals surface area contributed by atoms with Crippen molar-refractivity contribution in [2.45, 2.75) is 37.0 Å². The highest BCUT2D eigenvalue weighted by Gasteiger charge is 2.21. The van der Waals surface area contributed by atoms with Gasteiger partial charge in [-0.25, -0.2) is 4.39 Å². The van der Waals surface area contributed by atoms with Gasteiger partial charge in [-0.1, -0.05) is 0 Å². The van der Waals surface area contributed by atoms with E-state index in [2.05, 4.69) is 11.6 Å². The van der Waals surface area contributed by atoms with E-state index in [1.165, 1.54) is 26.0 Å². The van der Waals surface area contributed by atoms with E-state index in [9.17, 15) is 4.39 Å². The molecule has 1 aromatic carbocycles. The Balaban J connectivity index is 2.03. The molecule has 106 valence electrons. The zero-order chi connectivity index (χ0) is 13.8. The fourth-order valence-corrected chi connectivity index (χ4v) is 3.26. The van der Waals surface area contributed by atoms with Crippen molar-refractivity contribution in [1.82, 2.24) is 0 Å². The Labute approximate surface area is 118 Å². The van der Waals surface area contributed by atoms with Crippen LogP contribution in [0.25, 0.3) is 0 Å². The summed E-state index contributed by atoms with van der Waals surface area (Å²) in [5.74, 6) is -0.189. The Hall–Kier alpha value is -1.10. The molecule has 0 bridgehead atoms. The lowest BCUT2D eigenvalue weighted by Gasteiger charge is -2.29. The summed E-state index contributed by atoms with van der Waals surface area (Å²) in [7, 11) is 1.46. The highest BCUT2D eigenvalue weighted by molar-refractivity contribution is 7.99. The van der Waals surface area contributed by atoms with Crippen LogP contribution in [-0.4, -0.2) is 24.7 Å². The molecule has 1 aromatic rings. The second-order valence-electron chi connectivity index (χ2n) is 4.93. The van der Waals surface area contributed by atoms with Gasteiger partial charge in [-0.2, -0.15) is 11.8 Å². The summed E-state index contributed by atoms with van der Waals surface area (Å²) in [6.45, 7) is 0. The zero-order valence-corrected chi connectivity index (χ0v) is 12.2. The van der Waals surface area contributed by atoms with E-state index < -0.39 is 5.82 Å². The summed E-state index contributed by atoms with van der Waals surface area (Å²) in [5.41, 5.74) is 7.06. The fourth-order valence-electron chi connectivity index (χ4n) is 2.51. The second-order valence-corrected chi connectivity index (χ2v) is 6.07. The number of rotatable bonds is 4. The predicted molar refractivity (Wildman–Crippen MR) is 80.5 cm³/mol. The number of hydrogen-bond acceptors (Lipinski definition) is 4.